The highest BCUT2D eigenvalue weighted by Gasteiger charge is 2.13. The number of aromatic nitrogens is 4. The highest BCUT2D eigenvalue weighted by molar-refractivity contribution is 8.00. The summed E-state index contributed by atoms with van der Waals surface area (Å²) < 4.78 is 5.99. The number of methoxy groups -OCH3 is 1. The third-order valence-electron chi connectivity index (χ3n) is 4.43. The van der Waals surface area contributed by atoms with Gasteiger partial charge in [-0.15, -0.1) is 21.5 Å². The van der Waals surface area contributed by atoms with E-state index < -0.39 is 0 Å². The average molecular weight is 446 g/mol. The second kappa shape index (κ2) is 8.52. The van der Waals surface area contributed by atoms with Gasteiger partial charge < -0.3 is 15.0 Å². The van der Waals surface area contributed by atoms with Crippen LogP contribution >= 0.6 is 34.4 Å². The third-order valence-corrected chi connectivity index (χ3v) is 7.56. The van der Waals surface area contributed by atoms with E-state index in [0.717, 1.165) is 36.1 Å². The number of anilines is 1. The second-order valence-corrected chi connectivity index (χ2v) is 9.74. The van der Waals surface area contributed by atoms with Crippen molar-refractivity contribution < 1.29 is 4.74 Å². The first kappa shape index (κ1) is 19.9. The molecular formula is C19H19N5O2S3. The molecular weight excluding hydrogens is 426 g/mol. The van der Waals surface area contributed by atoms with E-state index in [1.165, 1.54) is 23.1 Å². The summed E-state index contributed by atoms with van der Waals surface area (Å²) in [6.07, 6.45) is 0. The highest BCUT2D eigenvalue weighted by atomic mass is 32.2. The van der Waals surface area contributed by atoms with E-state index >= 15 is 0 Å². The lowest BCUT2D eigenvalue weighted by Crippen LogP contribution is -2.10. The lowest BCUT2D eigenvalue weighted by molar-refractivity contribution is 0.414. The summed E-state index contributed by atoms with van der Waals surface area (Å²) in [6.45, 7) is 4.63. The summed E-state index contributed by atoms with van der Waals surface area (Å²) in [7, 11) is 1.65. The predicted molar refractivity (Wildman–Crippen MR) is 120 cm³/mol. The zero-order valence-corrected chi connectivity index (χ0v) is 18.6. The maximum atomic E-state index is 12.4. The van der Waals surface area contributed by atoms with Crippen LogP contribution in [0, 0.1) is 13.8 Å². The summed E-state index contributed by atoms with van der Waals surface area (Å²) in [5.41, 5.74) is 2.06. The second-order valence-electron chi connectivity index (χ2n) is 6.34. The van der Waals surface area contributed by atoms with Crippen molar-refractivity contribution in [3.63, 3.8) is 0 Å². The molecule has 0 aliphatic rings. The number of ether oxygens (including phenoxy) is 1. The Morgan fingerprint density at radius 2 is 1.97 bits per heavy atom. The Balaban J connectivity index is 1.38. The summed E-state index contributed by atoms with van der Waals surface area (Å²) in [6, 6.07) is 7.88. The summed E-state index contributed by atoms with van der Waals surface area (Å²) in [4.78, 5) is 21.8. The molecule has 1 aromatic carbocycles. The van der Waals surface area contributed by atoms with Gasteiger partial charge in [0.1, 0.15) is 16.4 Å². The molecule has 0 spiro atoms. The number of nitrogens with zero attached hydrogens (tertiary/aromatic N) is 3. The molecule has 0 unspecified atom stereocenters. The molecule has 3 heterocycles. The Morgan fingerprint density at radius 3 is 2.72 bits per heavy atom. The van der Waals surface area contributed by atoms with Gasteiger partial charge in [0.05, 0.1) is 18.2 Å². The van der Waals surface area contributed by atoms with Crippen molar-refractivity contribution in [1.29, 1.82) is 0 Å². The van der Waals surface area contributed by atoms with E-state index in [4.69, 9.17) is 4.74 Å². The average Bonchev–Trinajstić information content (AvgIpc) is 3.29. The molecule has 0 bridgehead atoms. The van der Waals surface area contributed by atoms with Gasteiger partial charge in [0.2, 0.25) is 5.13 Å². The predicted octanol–water partition coefficient (Wildman–Crippen LogP) is 4.37. The minimum Gasteiger partial charge on any atom is -0.497 e. The molecule has 0 saturated carbocycles. The van der Waals surface area contributed by atoms with E-state index in [-0.39, 0.29) is 5.56 Å². The molecule has 10 heteroatoms. The number of aryl methyl sites for hydroxylation is 2. The zero-order valence-electron chi connectivity index (χ0n) is 16.1. The number of nitrogens with one attached hydrogen (secondary N) is 2. The molecule has 0 aliphatic carbocycles. The van der Waals surface area contributed by atoms with Crippen LogP contribution in [0.25, 0.3) is 10.2 Å². The number of rotatable bonds is 7. The van der Waals surface area contributed by atoms with Crippen LogP contribution in [0.1, 0.15) is 21.8 Å². The Hall–Kier alpha value is -2.43. The number of aromatic amines is 1. The van der Waals surface area contributed by atoms with Gasteiger partial charge in [-0.25, -0.2) is 4.98 Å². The summed E-state index contributed by atoms with van der Waals surface area (Å²) >= 11 is 4.55. The van der Waals surface area contributed by atoms with Gasteiger partial charge in [-0.3, -0.25) is 4.79 Å². The van der Waals surface area contributed by atoms with Crippen LogP contribution < -0.4 is 15.6 Å². The SMILES string of the molecule is COc1ccc(CNc2nnc(SCc3nc4sc(C)c(C)c4c(=O)[nH]3)s2)cc1. The minimum absolute atomic E-state index is 0.0773. The molecule has 4 aromatic rings. The van der Waals surface area contributed by atoms with Crippen LogP contribution in [0.2, 0.25) is 0 Å². The van der Waals surface area contributed by atoms with E-state index in [1.807, 2.05) is 38.1 Å². The number of thiophene rings is 1. The van der Waals surface area contributed by atoms with E-state index in [1.54, 1.807) is 18.4 Å². The van der Waals surface area contributed by atoms with Gasteiger partial charge in [-0.1, -0.05) is 35.2 Å². The van der Waals surface area contributed by atoms with Crippen molar-refractivity contribution in [1.82, 2.24) is 20.2 Å². The lowest BCUT2D eigenvalue weighted by atomic mass is 10.2. The monoisotopic (exact) mass is 445 g/mol. The molecule has 3 aromatic heterocycles. The maximum absolute atomic E-state index is 12.4. The number of fused-ring (bicyclic) bond motifs is 1. The van der Waals surface area contributed by atoms with Gasteiger partial charge in [0.25, 0.3) is 5.56 Å². The first-order chi connectivity index (χ1) is 14.0. The summed E-state index contributed by atoms with van der Waals surface area (Å²) in [5.74, 6) is 2.02. The van der Waals surface area contributed by atoms with Crippen LogP contribution in [0.5, 0.6) is 5.75 Å². The number of thioether (sulfide) groups is 1. The Morgan fingerprint density at radius 1 is 1.17 bits per heavy atom. The molecule has 4 rings (SSSR count). The number of H-pyrrole nitrogens is 1. The molecule has 0 fully saturated rings. The first-order valence-corrected chi connectivity index (χ1v) is 11.5. The van der Waals surface area contributed by atoms with E-state index in [9.17, 15) is 4.79 Å². The summed E-state index contributed by atoms with van der Waals surface area (Å²) in [5, 5.41) is 13.1. The van der Waals surface area contributed by atoms with Gasteiger partial charge in [0, 0.05) is 11.4 Å². The molecule has 29 heavy (non-hydrogen) atoms. The zero-order chi connectivity index (χ0) is 20.4. The molecule has 2 N–H and O–H groups in total. The van der Waals surface area contributed by atoms with Crippen LogP contribution in [0.4, 0.5) is 5.13 Å². The number of hydrogen-bond acceptors (Lipinski definition) is 9. The third kappa shape index (κ3) is 4.44. The van der Waals surface area contributed by atoms with Gasteiger partial charge in [-0.05, 0) is 37.1 Å². The van der Waals surface area contributed by atoms with Crippen LogP contribution in [-0.4, -0.2) is 27.3 Å². The van der Waals surface area contributed by atoms with Crippen molar-refractivity contribution in [2.24, 2.45) is 0 Å². The molecule has 150 valence electrons. The number of benzene rings is 1. The Kier molecular flexibility index (Phi) is 5.84. The van der Waals surface area contributed by atoms with Crippen molar-refractivity contribution in [3.05, 3.63) is 56.4 Å². The topological polar surface area (TPSA) is 92.8 Å². The van der Waals surface area contributed by atoms with Crippen molar-refractivity contribution >= 4 is 49.8 Å². The van der Waals surface area contributed by atoms with Crippen LogP contribution in [0.3, 0.4) is 0 Å². The normalized spacial score (nSPS) is 11.1. The Labute approximate surface area is 179 Å². The molecule has 7 nitrogen and oxygen atoms in total. The standard InChI is InChI=1S/C19H19N5O2S3/c1-10-11(2)28-17-15(10)16(25)21-14(22-17)9-27-19-24-23-18(29-19)20-8-12-4-6-13(26-3)7-5-12/h4-7H,8-9H2,1-3H3,(H,20,23)(H,21,22,25). The first-order valence-electron chi connectivity index (χ1n) is 8.85. The van der Waals surface area contributed by atoms with Crippen LogP contribution in [-0.2, 0) is 12.3 Å². The number of hydrogen-bond donors (Lipinski definition) is 2. The quantitative estimate of drug-likeness (QED) is 0.408. The lowest BCUT2D eigenvalue weighted by Gasteiger charge is -2.03. The highest BCUT2D eigenvalue weighted by Crippen LogP contribution is 2.29. The smallest absolute Gasteiger partial charge is 0.259 e. The minimum atomic E-state index is -0.0773. The molecule has 0 aliphatic heterocycles. The van der Waals surface area contributed by atoms with Crippen molar-refractivity contribution in [2.45, 2.75) is 30.5 Å². The largest absolute Gasteiger partial charge is 0.497 e. The fourth-order valence-corrected chi connectivity index (χ4v) is 5.42. The van der Waals surface area contributed by atoms with Crippen molar-refractivity contribution in [3.8, 4) is 5.75 Å². The maximum Gasteiger partial charge on any atom is 0.259 e. The van der Waals surface area contributed by atoms with Gasteiger partial charge in [-0.2, -0.15) is 0 Å². The molecule has 0 saturated heterocycles. The molecule has 0 radical (unpaired) electrons. The fourth-order valence-electron chi connectivity index (χ4n) is 2.76. The van der Waals surface area contributed by atoms with Gasteiger partial charge in [0.15, 0.2) is 4.34 Å². The van der Waals surface area contributed by atoms with E-state index in [0.29, 0.717) is 23.5 Å². The molecule has 0 atom stereocenters. The van der Waals surface area contributed by atoms with Crippen LogP contribution in [0.15, 0.2) is 33.4 Å². The van der Waals surface area contributed by atoms with Gasteiger partial charge >= 0.3 is 0 Å². The Bertz CT molecular complexity index is 1200. The fraction of sp³-hybridized carbons (Fsp3) is 0.263. The van der Waals surface area contributed by atoms with E-state index in [2.05, 4.69) is 25.5 Å². The molecule has 0 amide bonds. The van der Waals surface area contributed by atoms with Crippen molar-refractivity contribution in [2.75, 3.05) is 12.4 Å².